The van der Waals surface area contributed by atoms with E-state index in [4.69, 9.17) is 0 Å². The topological polar surface area (TPSA) is 106 Å². The van der Waals surface area contributed by atoms with Crippen LogP contribution in [0.3, 0.4) is 0 Å². The first-order valence-electron chi connectivity index (χ1n) is 8.96. The van der Waals surface area contributed by atoms with E-state index in [0.717, 1.165) is 10.4 Å². The first-order valence-corrected chi connectivity index (χ1v) is 9.78. The number of halogens is 1. The molecule has 0 aliphatic heterocycles. The molecule has 30 heavy (non-hydrogen) atoms. The Labute approximate surface area is 175 Å². The lowest BCUT2D eigenvalue weighted by Gasteiger charge is -2.16. The van der Waals surface area contributed by atoms with Gasteiger partial charge >= 0.3 is 0 Å². The van der Waals surface area contributed by atoms with E-state index in [1.54, 1.807) is 43.0 Å². The smallest absolute Gasteiger partial charge is 0.225 e. The number of aldehydes is 1. The van der Waals surface area contributed by atoms with Crippen molar-refractivity contribution in [1.29, 1.82) is 0 Å². The molecule has 0 aliphatic carbocycles. The predicted molar refractivity (Wildman–Crippen MR) is 112 cm³/mol. The summed E-state index contributed by atoms with van der Waals surface area (Å²) in [5.74, 6) is 1.08. The van der Waals surface area contributed by atoms with Crippen LogP contribution in [0.25, 0.3) is 10.6 Å². The molecule has 0 aliphatic rings. The Hall–Kier alpha value is -3.79. The Morgan fingerprint density at radius 3 is 2.60 bits per heavy atom. The number of thiazole rings is 1. The van der Waals surface area contributed by atoms with Crippen molar-refractivity contribution >= 4 is 35.2 Å². The quantitative estimate of drug-likeness (QED) is 0.427. The minimum atomic E-state index is -0.296. The van der Waals surface area contributed by atoms with Crippen LogP contribution in [0.15, 0.2) is 55.1 Å². The Bertz CT molecular complexity index is 1150. The summed E-state index contributed by atoms with van der Waals surface area (Å²) in [5.41, 5.74) is 1.48. The van der Waals surface area contributed by atoms with E-state index in [1.165, 1.54) is 23.5 Å². The summed E-state index contributed by atoms with van der Waals surface area (Å²) in [5, 5.41) is 6.69. The molecule has 0 saturated carbocycles. The molecule has 3 heterocycles. The van der Waals surface area contributed by atoms with Crippen molar-refractivity contribution in [3.63, 3.8) is 0 Å². The van der Waals surface area contributed by atoms with Crippen LogP contribution in [0.1, 0.15) is 28.3 Å². The van der Waals surface area contributed by atoms with Gasteiger partial charge in [-0.1, -0.05) is 12.1 Å². The van der Waals surface area contributed by atoms with Crippen molar-refractivity contribution in [2.75, 3.05) is 10.6 Å². The molecule has 0 unspecified atom stereocenters. The number of rotatable bonds is 7. The number of carbonyl (C=O) groups excluding carboxylic acids is 1. The maximum Gasteiger partial charge on any atom is 0.225 e. The Morgan fingerprint density at radius 1 is 1.07 bits per heavy atom. The molecule has 0 saturated heterocycles. The average molecular weight is 421 g/mol. The van der Waals surface area contributed by atoms with Crippen LogP contribution < -0.4 is 10.6 Å². The standard InChI is InChI=1S/C20H16FN7OS/c1-12(13-2-4-14(21)5-3-13)25-20-26-15(16-9-24-19(11-29)30-16)8-17(28-20)27-18-10-22-6-7-23-18/h2-12H,1H3,(H2,23,25,26,27,28)/t12-/m0/s1. The lowest BCUT2D eigenvalue weighted by atomic mass is 10.1. The molecule has 150 valence electrons. The molecule has 0 spiro atoms. The van der Waals surface area contributed by atoms with E-state index in [9.17, 15) is 9.18 Å². The van der Waals surface area contributed by atoms with Crippen LogP contribution in [0.2, 0.25) is 0 Å². The lowest BCUT2D eigenvalue weighted by Crippen LogP contribution is -2.11. The first-order chi connectivity index (χ1) is 14.6. The second-order valence-electron chi connectivity index (χ2n) is 6.28. The summed E-state index contributed by atoms with van der Waals surface area (Å²) in [6, 6.07) is 7.79. The van der Waals surface area contributed by atoms with Gasteiger partial charge in [0, 0.05) is 24.7 Å². The number of nitrogens with zero attached hydrogens (tertiary/aromatic N) is 5. The van der Waals surface area contributed by atoms with Crippen LogP contribution in [-0.4, -0.2) is 31.2 Å². The Kier molecular flexibility index (Phi) is 5.66. The fourth-order valence-corrected chi connectivity index (χ4v) is 3.38. The minimum absolute atomic E-state index is 0.169. The maximum atomic E-state index is 13.2. The second kappa shape index (κ2) is 8.70. The van der Waals surface area contributed by atoms with Crippen molar-refractivity contribution in [3.05, 3.63) is 71.5 Å². The molecule has 1 atom stereocenters. The summed E-state index contributed by atoms with van der Waals surface area (Å²) in [6.07, 6.45) is 7.01. The van der Waals surface area contributed by atoms with Crippen molar-refractivity contribution < 1.29 is 9.18 Å². The Morgan fingerprint density at radius 2 is 1.90 bits per heavy atom. The highest BCUT2D eigenvalue weighted by molar-refractivity contribution is 7.16. The Balaban J connectivity index is 1.67. The zero-order valence-electron chi connectivity index (χ0n) is 15.8. The average Bonchev–Trinajstić information content (AvgIpc) is 3.24. The van der Waals surface area contributed by atoms with E-state index in [1.807, 2.05) is 6.92 Å². The van der Waals surface area contributed by atoms with Gasteiger partial charge in [0.05, 0.1) is 22.8 Å². The van der Waals surface area contributed by atoms with E-state index in [0.29, 0.717) is 34.6 Å². The molecule has 0 bridgehead atoms. The molecular formula is C20H16FN7OS. The van der Waals surface area contributed by atoms with Gasteiger partial charge < -0.3 is 10.6 Å². The molecule has 1 aromatic carbocycles. The van der Waals surface area contributed by atoms with Gasteiger partial charge in [0.2, 0.25) is 5.95 Å². The number of carbonyl (C=O) groups is 1. The molecule has 0 fully saturated rings. The highest BCUT2D eigenvalue weighted by atomic mass is 32.1. The van der Waals surface area contributed by atoms with E-state index >= 15 is 0 Å². The van der Waals surface area contributed by atoms with Crippen molar-refractivity contribution in [2.45, 2.75) is 13.0 Å². The third-order valence-electron chi connectivity index (χ3n) is 4.14. The monoisotopic (exact) mass is 421 g/mol. The van der Waals surface area contributed by atoms with E-state index < -0.39 is 0 Å². The van der Waals surface area contributed by atoms with Gasteiger partial charge in [-0.05, 0) is 24.6 Å². The second-order valence-corrected chi connectivity index (χ2v) is 7.34. The summed E-state index contributed by atoms with van der Waals surface area (Å²) < 4.78 is 13.2. The first kappa shape index (κ1) is 19.5. The van der Waals surface area contributed by atoms with E-state index in [-0.39, 0.29) is 11.9 Å². The lowest BCUT2D eigenvalue weighted by molar-refractivity contribution is 0.112. The molecule has 2 N–H and O–H groups in total. The predicted octanol–water partition coefficient (Wildman–Crippen LogP) is 4.26. The summed E-state index contributed by atoms with van der Waals surface area (Å²) in [7, 11) is 0. The van der Waals surface area contributed by atoms with Gasteiger partial charge in [0.15, 0.2) is 11.3 Å². The third-order valence-corrected chi connectivity index (χ3v) is 5.08. The molecule has 8 nitrogen and oxygen atoms in total. The van der Waals surface area contributed by atoms with Crippen LogP contribution in [0, 0.1) is 5.82 Å². The number of benzene rings is 1. The summed E-state index contributed by atoms with van der Waals surface area (Å²) in [4.78, 5) is 33.1. The van der Waals surface area contributed by atoms with Crippen molar-refractivity contribution in [1.82, 2.24) is 24.9 Å². The third kappa shape index (κ3) is 4.61. The molecule has 0 amide bonds. The normalized spacial score (nSPS) is 11.7. The highest BCUT2D eigenvalue weighted by Gasteiger charge is 2.13. The SMILES string of the molecule is C[C@H](Nc1nc(Nc2cnccn2)cc(-c2cnc(C=O)s2)n1)c1ccc(F)cc1. The number of hydrogen-bond acceptors (Lipinski definition) is 9. The van der Waals surface area contributed by atoms with Gasteiger partial charge in [-0.25, -0.2) is 19.3 Å². The molecule has 4 rings (SSSR count). The van der Waals surface area contributed by atoms with Gasteiger partial charge in [0.1, 0.15) is 17.5 Å². The van der Waals surface area contributed by atoms with Crippen LogP contribution >= 0.6 is 11.3 Å². The zero-order valence-corrected chi connectivity index (χ0v) is 16.6. The van der Waals surface area contributed by atoms with Crippen molar-refractivity contribution in [3.8, 4) is 10.6 Å². The fourth-order valence-electron chi connectivity index (χ4n) is 2.69. The number of hydrogen-bond donors (Lipinski definition) is 2. The summed E-state index contributed by atoms with van der Waals surface area (Å²) in [6.45, 7) is 1.93. The summed E-state index contributed by atoms with van der Waals surface area (Å²) >= 11 is 1.23. The molecule has 0 radical (unpaired) electrons. The molecule has 3 aromatic heterocycles. The van der Waals surface area contributed by atoms with Crippen LogP contribution in [-0.2, 0) is 0 Å². The minimum Gasteiger partial charge on any atom is -0.348 e. The number of anilines is 3. The van der Waals surface area contributed by atoms with Crippen LogP contribution in [0.4, 0.5) is 22.0 Å². The molecule has 10 heteroatoms. The zero-order chi connectivity index (χ0) is 20.9. The fraction of sp³-hybridized carbons (Fsp3) is 0.100. The van der Waals surface area contributed by atoms with Crippen LogP contribution in [0.5, 0.6) is 0 Å². The largest absolute Gasteiger partial charge is 0.348 e. The molecular weight excluding hydrogens is 405 g/mol. The number of nitrogens with one attached hydrogen (secondary N) is 2. The van der Waals surface area contributed by atoms with Gasteiger partial charge in [0.25, 0.3) is 0 Å². The van der Waals surface area contributed by atoms with Gasteiger partial charge in [-0.15, -0.1) is 11.3 Å². The van der Waals surface area contributed by atoms with Gasteiger partial charge in [-0.2, -0.15) is 4.98 Å². The molecule has 4 aromatic rings. The van der Waals surface area contributed by atoms with Crippen molar-refractivity contribution in [2.24, 2.45) is 0 Å². The van der Waals surface area contributed by atoms with Gasteiger partial charge in [-0.3, -0.25) is 9.78 Å². The highest BCUT2D eigenvalue weighted by Crippen LogP contribution is 2.28. The van der Waals surface area contributed by atoms with E-state index in [2.05, 4.69) is 35.6 Å². The maximum absolute atomic E-state index is 13.2. The number of aromatic nitrogens is 5.